The van der Waals surface area contributed by atoms with Gasteiger partial charge in [-0.15, -0.1) is 0 Å². The van der Waals surface area contributed by atoms with Crippen LogP contribution in [0.3, 0.4) is 0 Å². The first-order valence-corrected chi connectivity index (χ1v) is 12.2. The van der Waals surface area contributed by atoms with Gasteiger partial charge in [-0.2, -0.15) is 13.2 Å². The fourth-order valence-electron chi connectivity index (χ4n) is 4.16. The first-order valence-electron chi connectivity index (χ1n) is 11.5. The van der Waals surface area contributed by atoms with E-state index in [0.29, 0.717) is 43.6 Å². The van der Waals surface area contributed by atoms with Crippen LogP contribution < -0.4 is 5.06 Å². The number of pyridine rings is 2. The highest BCUT2D eigenvalue weighted by Gasteiger charge is 2.35. The highest BCUT2D eigenvalue weighted by molar-refractivity contribution is 6.30. The molecule has 3 aromatic rings. The Balaban J connectivity index is 1.50. The van der Waals surface area contributed by atoms with E-state index in [1.807, 2.05) is 24.3 Å². The van der Waals surface area contributed by atoms with Crippen molar-refractivity contribution in [2.75, 3.05) is 24.7 Å². The molecule has 3 heterocycles. The summed E-state index contributed by atoms with van der Waals surface area (Å²) in [5.74, 6) is -1.38. The summed E-state index contributed by atoms with van der Waals surface area (Å²) in [7, 11) is 0. The van der Waals surface area contributed by atoms with Crippen LogP contribution in [0.5, 0.6) is 0 Å². The number of carbonyl (C=O) groups is 1. The molecule has 1 fully saturated rings. The molecule has 1 aromatic carbocycles. The Kier molecular flexibility index (Phi) is 8.49. The number of amides is 1. The number of anilines is 1. The fraction of sp³-hybridized carbons (Fsp3) is 0.269. The molecule has 1 amide bonds. The van der Waals surface area contributed by atoms with Gasteiger partial charge in [0.1, 0.15) is 10.8 Å². The van der Waals surface area contributed by atoms with E-state index in [0.717, 1.165) is 11.6 Å². The Bertz CT molecular complexity index is 1280. The molecule has 37 heavy (non-hydrogen) atoms. The molecule has 0 radical (unpaired) electrons. The summed E-state index contributed by atoms with van der Waals surface area (Å²) >= 11 is 11.7. The van der Waals surface area contributed by atoms with Crippen LogP contribution in [0.1, 0.15) is 46.1 Å². The van der Waals surface area contributed by atoms with Crippen molar-refractivity contribution in [3.63, 3.8) is 0 Å². The molecule has 0 spiro atoms. The maximum absolute atomic E-state index is 13.4. The summed E-state index contributed by atoms with van der Waals surface area (Å²) in [6.07, 6.45) is 1.54. The van der Waals surface area contributed by atoms with Gasteiger partial charge in [0, 0.05) is 29.2 Å². The lowest BCUT2D eigenvalue weighted by atomic mass is 9.91. The number of aromatic nitrogens is 2. The molecule has 6 nitrogen and oxygen atoms in total. The largest absolute Gasteiger partial charge is 0.751 e. The molecule has 1 saturated heterocycles. The minimum Gasteiger partial charge on any atom is -0.751 e. The van der Waals surface area contributed by atoms with Crippen molar-refractivity contribution in [3.05, 3.63) is 98.7 Å². The van der Waals surface area contributed by atoms with Crippen molar-refractivity contribution >= 4 is 40.9 Å². The molecular formula is C26H22Cl2F3N4O2-. The van der Waals surface area contributed by atoms with Crippen LogP contribution in [0.2, 0.25) is 10.2 Å². The third-order valence-corrected chi connectivity index (χ3v) is 6.55. The van der Waals surface area contributed by atoms with Crippen LogP contribution in [0, 0.1) is 5.21 Å². The second kappa shape index (κ2) is 11.6. The average Bonchev–Trinajstić information content (AvgIpc) is 2.88. The van der Waals surface area contributed by atoms with E-state index < -0.39 is 23.7 Å². The minimum atomic E-state index is -4.68. The Labute approximate surface area is 221 Å². The Morgan fingerprint density at radius 2 is 1.81 bits per heavy atom. The number of hydroxylamine groups is 1. The second-order valence-corrected chi connectivity index (χ2v) is 9.42. The van der Waals surface area contributed by atoms with Crippen molar-refractivity contribution < 1.29 is 18.0 Å². The molecular weight excluding hydrogens is 528 g/mol. The summed E-state index contributed by atoms with van der Waals surface area (Å²) in [5, 5.41) is 13.7. The lowest BCUT2D eigenvalue weighted by Crippen LogP contribution is -2.34. The average molecular weight is 550 g/mol. The summed E-state index contributed by atoms with van der Waals surface area (Å²) in [5.41, 5.74) is -0.356. The summed E-state index contributed by atoms with van der Waals surface area (Å²) in [6, 6.07) is 11.7. The van der Waals surface area contributed by atoms with Gasteiger partial charge in [0.25, 0.3) is 0 Å². The zero-order valence-electron chi connectivity index (χ0n) is 19.5. The zero-order valence-corrected chi connectivity index (χ0v) is 21.0. The maximum atomic E-state index is 13.4. The van der Waals surface area contributed by atoms with Gasteiger partial charge in [-0.05, 0) is 67.9 Å². The van der Waals surface area contributed by atoms with Crippen LogP contribution in [0.25, 0.3) is 6.08 Å². The van der Waals surface area contributed by atoms with Crippen molar-refractivity contribution in [2.24, 2.45) is 0 Å². The van der Waals surface area contributed by atoms with Crippen LogP contribution in [0.15, 0.2) is 60.8 Å². The van der Waals surface area contributed by atoms with E-state index in [1.54, 1.807) is 12.1 Å². The second-order valence-electron chi connectivity index (χ2n) is 8.59. The van der Waals surface area contributed by atoms with E-state index in [1.165, 1.54) is 18.3 Å². The van der Waals surface area contributed by atoms with Gasteiger partial charge >= 0.3 is 6.18 Å². The molecule has 0 saturated carbocycles. The first-order chi connectivity index (χ1) is 17.6. The van der Waals surface area contributed by atoms with Gasteiger partial charge in [0.15, 0.2) is 0 Å². The molecule has 1 aliphatic rings. The number of hydrogen-bond acceptors (Lipinski definition) is 5. The van der Waals surface area contributed by atoms with E-state index in [4.69, 9.17) is 23.2 Å². The predicted molar refractivity (Wildman–Crippen MR) is 138 cm³/mol. The topological polar surface area (TPSA) is 72.4 Å². The number of halogens is 5. The molecule has 194 valence electrons. The third kappa shape index (κ3) is 6.87. The Morgan fingerprint density at radius 1 is 1.11 bits per heavy atom. The molecule has 0 aliphatic carbocycles. The van der Waals surface area contributed by atoms with Crippen LogP contribution >= 0.6 is 23.2 Å². The minimum absolute atomic E-state index is 0.0162. The van der Waals surface area contributed by atoms with E-state index in [2.05, 4.69) is 14.9 Å². The number of piperidine rings is 1. The molecule has 2 aromatic heterocycles. The summed E-state index contributed by atoms with van der Waals surface area (Å²) < 4.78 is 40.3. The van der Waals surface area contributed by atoms with Gasteiger partial charge < -0.3 is 10.3 Å². The van der Waals surface area contributed by atoms with Crippen LogP contribution in [-0.2, 0) is 6.18 Å². The van der Waals surface area contributed by atoms with Gasteiger partial charge in [-0.1, -0.05) is 47.5 Å². The molecule has 0 N–H and O–H groups in total. The van der Waals surface area contributed by atoms with Gasteiger partial charge in [0.2, 0.25) is 5.91 Å². The van der Waals surface area contributed by atoms with Gasteiger partial charge in [0.05, 0.1) is 11.4 Å². The van der Waals surface area contributed by atoms with Crippen LogP contribution in [-0.4, -0.2) is 40.4 Å². The normalized spacial score (nSPS) is 15.3. The third-order valence-electron chi connectivity index (χ3n) is 6.09. The molecule has 0 bridgehead atoms. The zero-order chi connectivity index (χ0) is 26.6. The maximum Gasteiger partial charge on any atom is 0.433 e. The van der Waals surface area contributed by atoms with Crippen molar-refractivity contribution in [1.82, 2.24) is 14.9 Å². The number of rotatable bonds is 6. The number of likely N-dealkylation sites (tertiary alicyclic amines) is 1. The highest BCUT2D eigenvalue weighted by atomic mass is 35.5. The number of alkyl halides is 3. The number of nitrogens with zero attached hydrogens (tertiary/aromatic N) is 4. The molecule has 1 aliphatic heterocycles. The van der Waals surface area contributed by atoms with E-state index in [-0.39, 0.29) is 27.2 Å². The smallest absolute Gasteiger partial charge is 0.433 e. The van der Waals surface area contributed by atoms with E-state index in [9.17, 15) is 23.2 Å². The number of benzene rings is 1. The molecule has 11 heteroatoms. The van der Waals surface area contributed by atoms with Crippen LogP contribution in [0.4, 0.5) is 18.9 Å². The van der Waals surface area contributed by atoms with Crippen molar-refractivity contribution in [1.29, 1.82) is 0 Å². The summed E-state index contributed by atoms with van der Waals surface area (Å²) in [4.78, 5) is 22.5. The quantitative estimate of drug-likeness (QED) is 0.248. The lowest BCUT2D eigenvalue weighted by Gasteiger charge is -2.35. The predicted octanol–water partition coefficient (Wildman–Crippen LogP) is 6.84. The molecule has 0 unspecified atom stereocenters. The number of carbonyl (C=O) groups excluding carboxylic acids is 1. The summed E-state index contributed by atoms with van der Waals surface area (Å²) in [6.45, 7) is 1.85. The Hall–Kier alpha value is -2.98. The lowest BCUT2D eigenvalue weighted by molar-refractivity contribution is -0.141. The fourth-order valence-corrected chi connectivity index (χ4v) is 4.46. The SMILES string of the molecule is O=C(c1ccnc(Cl)c1)N([O-])c1ccc(C(F)(F)F)nc1C1CCN(C/C=C/c2ccc(Cl)cc2)CC1. The van der Waals surface area contributed by atoms with E-state index >= 15 is 0 Å². The monoisotopic (exact) mass is 549 g/mol. The molecule has 0 atom stereocenters. The Morgan fingerprint density at radius 3 is 2.46 bits per heavy atom. The van der Waals surface area contributed by atoms with Crippen molar-refractivity contribution in [3.8, 4) is 0 Å². The van der Waals surface area contributed by atoms with Gasteiger partial charge in [-0.3, -0.25) is 9.69 Å². The first kappa shape index (κ1) is 27.1. The van der Waals surface area contributed by atoms with Gasteiger partial charge in [-0.25, -0.2) is 9.97 Å². The van der Waals surface area contributed by atoms with Crippen molar-refractivity contribution in [2.45, 2.75) is 24.9 Å². The molecule has 4 rings (SSSR count). The highest BCUT2D eigenvalue weighted by Crippen LogP contribution is 2.37. The standard InChI is InChI=1S/C26H22Cl2F3N4O2/c27-20-5-3-17(4-6-20)2-1-13-34-14-10-18(11-15-34)24-21(7-8-22(33-24)26(29,30)31)35(37)25(36)19-9-12-32-23(28)16-19/h1-9,12,16,18H,10-11,13-15H2/q-1/b2-1+. The number of hydrogen-bond donors (Lipinski definition) is 0.